The molecule has 5 heteroatoms. The molecule has 128 valence electrons. The Kier molecular flexibility index (Phi) is 4.71. The summed E-state index contributed by atoms with van der Waals surface area (Å²) in [5, 5.41) is 10.8. The quantitative estimate of drug-likeness (QED) is 0.941. The van der Waals surface area contributed by atoms with E-state index in [1.54, 1.807) is 14.0 Å². The highest BCUT2D eigenvalue weighted by molar-refractivity contribution is 5.98. The van der Waals surface area contributed by atoms with Crippen LogP contribution in [0.2, 0.25) is 0 Å². The number of pyridine rings is 1. The van der Waals surface area contributed by atoms with Crippen molar-refractivity contribution >= 4 is 16.8 Å². The maximum atomic E-state index is 12.9. The van der Waals surface area contributed by atoms with Gasteiger partial charge < -0.3 is 14.7 Å². The molecular weight excluding hydrogens is 304 g/mol. The first kappa shape index (κ1) is 16.7. The van der Waals surface area contributed by atoms with Crippen molar-refractivity contribution in [3.05, 3.63) is 35.5 Å². The van der Waals surface area contributed by atoms with Crippen molar-refractivity contribution in [2.75, 3.05) is 20.2 Å². The minimum absolute atomic E-state index is 0.00284. The molecule has 1 saturated heterocycles. The number of nitrogens with zero attached hydrogens (tertiary/aromatic N) is 2. The standard InChI is InChI=1S/C19H24N2O3/c1-12-17(9-14-6-7-16(24-3)10-18(14)20-12)19(23)21-8-4-5-15(11-21)13(2)22/h6-7,9-10,13,15,22H,4-5,8,11H2,1-3H3. The van der Waals surface area contributed by atoms with Crippen molar-refractivity contribution in [1.82, 2.24) is 9.88 Å². The fourth-order valence-corrected chi connectivity index (χ4v) is 3.35. The number of aromatic nitrogens is 1. The molecule has 0 bridgehead atoms. The van der Waals surface area contributed by atoms with Crippen molar-refractivity contribution in [1.29, 1.82) is 0 Å². The first-order chi connectivity index (χ1) is 11.5. The van der Waals surface area contributed by atoms with Gasteiger partial charge in [-0.3, -0.25) is 9.78 Å². The summed E-state index contributed by atoms with van der Waals surface area (Å²) in [6.45, 7) is 5.01. The molecule has 1 N–H and O–H groups in total. The zero-order valence-corrected chi connectivity index (χ0v) is 14.5. The third kappa shape index (κ3) is 3.22. The summed E-state index contributed by atoms with van der Waals surface area (Å²) in [4.78, 5) is 19.4. The van der Waals surface area contributed by atoms with Crippen LogP contribution in [0.15, 0.2) is 24.3 Å². The minimum Gasteiger partial charge on any atom is -0.497 e. The van der Waals surface area contributed by atoms with Crippen molar-refractivity contribution in [3.63, 3.8) is 0 Å². The van der Waals surface area contributed by atoms with E-state index >= 15 is 0 Å². The average Bonchev–Trinajstić information content (AvgIpc) is 2.60. The molecule has 3 rings (SSSR count). The molecule has 2 heterocycles. The van der Waals surface area contributed by atoms with Gasteiger partial charge in [-0.15, -0.1) is 0 Å². The van der Waals surface area contributed by atoms with Crippen molar-refractivity contribution in [2.24, 2.45) is 5.92 Å². The maximum Gasteiger partial charge on any atom is 0.255 e. The van der Waals surface area contributed by atoms with Gasteiger partial charge in [0, 0.05) is 30.5 Å². The number of ether oxygens (including phenoxy) is 1. The number of amides is 1. The molecule has 24 heavy (non-hydrogen) atoms. The van der Waals surface area contributed by atoms with Crippen LogP contribution in [0.5, 0.6) is 5.75 Å². The summed E-state index contributed by atoms with van der Waals surface area (Å²) in [6, 6.07) is 7.58. The Morgan fingerprint density at radius 2 is 2.21 bits per heavy atom. The summed E-state index contributed by atoms with van der Waals surface area (Å²) in [7, 11) is 1.63. The summed E-state index contributed by atoms with van der Waals surface area (Å²) in [5.41, 5.74) is 2.18. The molecule has 5 nitrogen and oxygen atoms in total. The molecule has 0 saturated carbocycles. The lowest BCUT2D eigenvalue weighted by molar-refractivity contribution is 0.0465. The molecular formula is C19H24N2O3. The highest BCUT2D eigenvalue weighted by atomic mass is 16.5. The number of carbonyl (C=O) groups excluding carboxylic acids is 1. The lowest BCUT2D eigenvalue weighted by Crippen LogP contribution is -2.43. The van der Waals surface area contributed by atoms with Crippen molar-refractivity contribution < 1.29 is 14.6 Å². The zero-order valence-electron chi connectivity index (χ0n) is 14.5. The van der Waals surface area contributed by atoms with E-state index in [1.807, 2.05) is 36.1 Å². The van der Waals surface area contributed by atoms with Crippen molar-refractivity contribution in [3.8, 4) is 5.75 Å². The molecule has 1 aliphatic rings. The van der Waals surface area contributed by atoms with Crippen LogP contribution in [0.4, 0.5) is 0 Å². The fourth-order valence-electron chi connectivity index (χ4n) is 3.35. The second-order valence-electron chi connectivity index (χ2n) is 6.57. The van der Waals surface area contributed by atoms with Crippen molar-refractivity contribution in [2.45, 2.75) is 32.8 Å². The van der Waals surface area contributed by atoms with Crippen LogP contribution in [-0.2, 0) is 0 Å². The first-order valence-corrected chi connectivity index (χ1v) is 8.42. The molecule has 2 aromatic rings. The van der Waals surface area contributed by atoms with Gasteiger partial charge in [0.1, 0.15) is 5.75 Å². The molecule has 2 unspecified atom stereocenters. The zero-order chi connectivity index (χ0) is 17.3. The van der Waals surface area contributed by atoms with E-state index in [0.717, 1.165) is 41.7 Å². The number of carbonyl (C=O) groups is 1. The van der Waals surface area contributed by atoms with E-state index in [0.29, 0.717) is 12.1 Å². The SMILES string of the molecule is COc1ccc2cc(C(=O)N3CCCC(C(C)O)C3)c(C)nc2c1. The van der Waals surface area contributed by atoms with E-state index in [1.165, 1.54) is 0 Å². The number of methoxy groups -OCH3 is 1. The van der Waals surface area contributed by atoms with E-state index < -0.39 is 0 Å². The summed E-state index contributed by atoms with van der Waals surface area (Å²) in [6.07, 6.45) is 1.51. The number of hydrogen-bond acceptors (Lipinski definition) is 4. The first-order valence-electron chi connectivity index (χ1n) is 8.42. The number of aliphatic hydroxyl groups is 1. The molecule has 1 amide bonds. The van der Waals surface area contributed by atoms with Crippen LogP contribution in [0.3, 0.4) is 0 Å². The van der Waals surface area contributed by atoms with Gasteiger partial charge in [-0.05, 0) is 44.9 Å². The number of benzene rings is 1. The monoisotopic (exact) mass is 328 g/mol. The van der Waals surface area contributed by atoms with Gasteiger partial charge >= 0.3 is 0 Å². The van der Waals surface area contributed by atoms with E-state index in [-0.39, 0.29) is 17.9 Å². The maximum absolute atomic E-state index is 12.9. The van der Waals surface area contributed by atoms with Crippen LogP contribution >= 0.6 is 0 Å². The Bertz CT molecular complexity index is 758. The van der Waals surface area contributed by atoms with Crippen LogP contribution in [0.25, 0.3) is 10.9 Å². The number of rotatable bonds is 3. The van der Waals surface area contributed by atoms with Gasteiger partial charge in [-0.1, -0.05) is 0 Å². The van der Waals surface area contributed by atoms with Crippen LogP contribution in [-0.4, -0.2) is 47.2 Å². The Balaban J connectivity index is 1.90. The third-order valence-corrected chi connectivity index (χ3v) is 4.87. The number of fused-ring (bicyclic) bond motifs is 1. The van der Waals surface area contributed by atoms with E-state index in [4.69, 9.17) is 4.74 Å². The molecule has 1 aromatic carbocycles. The number of likely N-dealkylation sites (tertiary alicyclic amines) is 1. The average molecular weight is 328 g/mol. The van der Waals surface area contributed by atoms with Gasteiger partial charge in [0.05, 0.1) is 30.0 Å². The normalized spacial score (nSPS) is 19.3. The Labute approximate surface area is 142 Å². The van der Waals surface area contributed by atoms with Gasteiger partial charge in [-0.2, -0.15) is 0 Å². The van der Waals surface area contributed by atoms with Gasteiger partial charge in [0.2, 0.25) is 0 Å². The Morgan fingerprint density at radius 3 is 2.92 bits per heavy atom. The van der Waals surface area contributed by atoms with Gasteiger partial charge in [0.25, 0.3) is 5.91 Å². The lowest BCUT2D eigenvalue weighted by Gasteiger charge is -2.34. The predicted octanol–water partition coefficient (Wildman–Crippen LogP) is 2.78. The topological polar surface area (TPSA) is 62.7 Å². The van der Waals surface area contributed by atoms with E-state index in [2.05, 4.69) is 4.98 Å². The number of hydrogen-bond donors (Lipinski definition) is 1. The minimum atomic E-state index is -0.385. The van der Waals surface area contributed by atoms with Gasteiger partial charge in [-0.25, -0.2) is 0 Å². The summed E-state index contributed by atoms with van der Waals surface area (Å²) >= 11 is 0. The Morgan fingerprint density at radius 1 is 1.42 bits per heavy atom. The summed E-state index contributed by atoms with van der Waals surface area (Å²) in [5.74, 6) is 0.910. The van der Waals surface area contributed by atoms with Crippen LogP contribution in [0, 0.1) is 12.8 Å². The molecule has 1 aromatic heterocycles. The summed E-state index contributed by atoms with van der Waals surface area (Å²) < 4.78 is 5.23. The third-order valence-electron chi connectivity index (χ3n) is 4.87. The lowest BCUT2D eigenvalue weighted by atomic mass is 9.93. The largest absolute Gasteiger partial charge is 0.497 e. The number of aliphatic hydroxyl groups excluding tert-OH is 1. The molecule has 0 spiro atoms. The second kappa shape index (κ2) is 6.77. The second-order valence-corrected chi connectivity index (χ2v) is 6.57. The number of piperidine rings is 1. The van der Waals surface area contributed by atoms with Crippen LogP contribution < -0.4 is 4.74 Å². The highest BCUT2D eigenvalue weighted by Crippen LogP contribution is 2.25. The smallest absolute Gasteiger partial charge is 0.255 e. The van der Waals surface area contributed by atoms with E-state index in [9.17, 15) is 9.90 Å². The fraction of sp³-hybridized carbons (Fsp3) is 0.474. The Hall–Kier alpha value is -2.14. The molecule has 1 aliphatic heterocycles. The number of aryl methyl sites for hydroxylation is 1. The van der Waals surface area contributed by atoms with Gasteiger partial charge in [0.15, 0.2) is 0 Å². The van der Waals surface area contributed by atoms with Crippen LogP contribution in [0.1, 0.15) is 35.8 Å². The predicted molar refractivity (Wildman–Crippen MR) is 93.3 cm³/mol. The molecule has 0 aliphatic carbocycles. The molecule has 2 atom stereocenters. The highest BCUT2D eigenvalue weighted by Gasteiger charge is 2.28. The molecule has 1 fully saturated rings. The molecule has 0 radical (unpaired) electrons.